The number of halogens is 1. The highest BCUT2D eigenvalue weighted by molar-refractivity contribution is 8.24. The third kappa shape index (κ3) is 12.1. The molecule has 1 saturated heterocycles. The van der Waals surface area contributed by atoms with Crippen LogP contribution in [-0.2, 0) is 27.9 Å². The van der Waals surface area contributed by atoms with Gasteiger partial charge < -0.3 is 19.9 Å². The van der Waals surface area contributed by atoms with E-state index in [0.29, 0.717) is 48.4 Å². The minimum Gasteiger partial charge on any atom is -0.490 e. The van der Waals surface area contributed by atoms with Gasteiger partial charge in [0.25, 0.3) is 10.1 Å². The fourth-order valence-electron chi connectivity index (χ4n) is 5.16. The van der Waals surface area contributed by atoms with Crippen molar-refractivity contribution >= 4 is 32.4 Å². The summed E-state index contributed by atoms with van der Waals surface area (Å²) in [6.45, 7) is 8.54. The van der Waals surface area contributed by atoms with Gasteiger partial charge in [0.1, 0.15) is 23.4 Å². The van der Waals surface area contributed by atoms with E-state index in [1.165, 1.54) is 6.07 Å². The standard InChI is InChI=1S/C32H40FNO6S.CH4O3S/c1-20(2)39-30-9-5-23(19-34-25-8-6-24(29(33)18-25)7-10-31(35)36)17-28(30)32-21(3)15-27(16-22(32)4)40-26-11-13-41(37,38)14-12-26;1-5(2,3)4/h5-6,8-9,15-18,20,26,34,37-38H,7,10-14,19H2,1-4H3,(H,35,36);1H3,(H,2,3,4). The molecule has 0 saturated carbocycles. The highest BCUT2D eigenvalue weighted by Gasteiger charge is 2.26. The first-order chi connectivity index (χ1) is 21.4. The van der Waals surface area contributed by atoms with Crippen molar-refractivity contribution in [2.24, 2.45) is 0 Å². The SMILES string of the molecule is CS(=O)(=O)O.Cc1cc(OC2CCS(O)(O)CC2)cc(C)c1-c1cc(CNc2ccc(CCC(=O)O)c(F)c2)ccc1OC(C)C. The van der Waals surface area contributed by atoms with Crippen molar-refractivity contribution in [2.75, 3.05) is 23.1 Å². The minimum atomic E-state index is -3.67. The molecule has 0 aromatic heterocycles. The first kappa shape index (κ1) is 37.1. The number of ether oxygens (including phenoxy) is 2. The molecular formula is C33H44FNO9S2. The van der Waals surface area contributed by atoms with Gasteiger partial charge in [0, 0.05) is 48.6 Å². The minimum absolute atomic E-state index is 0.0119. The number of anilines is 1. The molecule has 46 heavy (non-hydrogen) atoms. The van der Waals surface area contributed by atoms with Crippen LogP contribution in [-0.4, -0.2) is 63.1 Å². The Balaban J connectivity index is 0.00000107. The molecule has 0 amide bonds. The van der Waals surface area contributed by atoms with Crippen molar-refractivity contribution in [3.63, 3.8) is 0 Å². The first-order valence-corrected chi connectivity index (χ1v) is 18.6. The summed E-state index contributed by atoms with van der Waals surface area (Å²) in [6, 6.07) is 14.9. The molecule has 0 bridgehead atoms. The number of aryl methyl sites for hydroxylation is 3. The number of carboxylic acid groups (broad SMARTS) is 1. The molecule has 0 atom stereocenters. The molecule has 3 aromatic carbocycles. The molecule has 0 aliphatic carbocycles. The summed E-state index contributed by atoms with van der Waals surface area (Å²) in [7, 11) is -6.12. The zero-order chi connectivity index (χ0) is 34.2. The molecule has 10 nitrogen and oxygen atoms in total. The summed E-state index contributed by atoms with van der Waals surface area (Å²) in [5.41, 5.74) is 6.09. The molecule has 0 unspecified atom stereocenters. The largest absolute Gasteiger partial charge is 0.490 e. The Morgan fingerprint density at radius 2 is 1.65 bits per heavy atom. The van der Waals surface area contributed by atoms with Crippen LogP contribution in [0.15, 0.2) is 48.5 Å². The highest BCUT2D eigenvalue weighted by atomic mass is 32.3. The summed E-state index contributed by atoms with van der Waals surface area (Å²) in [5, 5.41) is 12.1. The molecular weight excluding hydrogens is 637 g/mol. The van der Waals surface area contributed by atoms with Crippen molar-refractivity contribution in [1.82, 2.24) is 0 Å². The summed E-state index contributed by atoms with van der Waals surface area (Å²) >= 11 is 0. The predicted octanol–water partition coefficient (Wildman–Crippen LogP) is 7.32. The van der Waals surface area contributed by atoms with Gasteiger partial charge in [-0.1, -0.05) is 12.1 Å². The second-order valence-corrected chi connectivity index (χ2v) is 15.6. The van der Waals surface area contributed by atoms with Crippen LogP contribution in [0, 0.1) is 19.7 Å². The van der Waals surface area contributed by atoms with Gasteiger partial charge in [-0.15, -0.1) is 0 Å². The number of hydrogen-bond acceptors (Lipinski definition) is 8. The topological polar surface area (TPSA) is 163 Å². The van der Waals surface area contributed by atoms with E-state index in [1.54, 1.807) is 12.1 Å². The Morgan fingerprint density at radius 1 is 1.04 bits per heavy atom. The molecule has 1 fully saturated rings. The van der Waals surface area contributed by atoms with Crippen LogP contribution in [0.2, 0.25) is 0 Å². The maximum atomic E-state index is 14.5. The lowest BCUT2D eigenvalue weighted by Gasteiger charge is -2.39. The van der Waals surface area contributed by atoms with E-state index in [9.17, 15) is 26.7 Å². The second kappa shape index (κ2) is 16.0. The average Bonchev–Trinajstić information content (AvgIpc) is 2.92. The fourth-order valence-corrected chi connectivity index (χ4v) is 6.64. The van der Waals surface area contributed by atoms with Crippen LogP contribution < -0.4 is 14.8 Å². The summed E-state index contributed by atoms with van der Waals surface area (Å²) < 4.78 is 72.6. The van der Waals surface area contributed by atoms with Crippen LogP contribution in [0.3, 0.4) is 0 Å². The van der Waals surface area contributed by atoms with Gasteiger partial charge in [0.15, 0.2) is 0 Å². The maximum Gasteiger partial charge on any atom is 0.303 e. The van der Waals surface area contributed by atoms with Gasteiger partial charge in [-0.05, 0) is 98.3 Å². The van der Waals surface area contributed by atoms with Crippen molar-refractivity contribution in [3.8, 4) is 22.6 Å². The third-order valence-corrected chi connectivity index (χ3v) is 8.96. The zero-order valence-corrected chi connectivity index (χ0v) is 28.4. The molecule has 0 spiro atoms. The number of carboxylic acids is 1. The number of rotatable bonds is 11. The predicted molar refractivity (Wildman–Crippen MR) is 181 cm³/mol. The van der Waals surface area contributed by atoms with Crippen molar-refractivity contribution in [1.29, 1.82) is 0 Å². The number of carbonyl (C=O) groups is 1. The van der Waals surface area contributed by atoms with Gasteiger partial charge in [0.05, 0.1) is 12.4 Å². The van der Waals surface area contributed by atoms with Gasteiger partial charge in [-0.3, -0.25) is 18.5 Å². The van der Waals surface area contributed by atoms with E-state index in [1.807, 2.05) is 52.0 Å². The number of nitrogens with one attached hydrogen (secondary N) is 1. The van der Waals surface area contributed by atoms with E-state index in [-0.39, 0.29) is 25.0 Å². The van der Waals surface area contributed by atoms with E-state index >= 15 is 0 Å². The molecule has 254 valence electrons. The maximum absolute atomic E-state index is 14.5. The van der Waals surface area contributed by atoms with E-state index < -0.39 is 32.5 Å². The lowest BCUT2D eigenvalue weighted by molar-refractivity contribution is -0.136. The van der Waals surface area contributed by atoms with Crippen LogP contribution >= 0.6 is 10.6 Å². The van der Waals surface area contributed by atoms with Crippen LogP contribution in [0.1, 0.15) is 55.4 Å². The summed E-state index contributed by atoms with van der Waals surface area (Å²) in [4.78, 5) is 10.8. The smallest absolute Gasteiger partial charge is 0.303 e. The van der Waals surface area contributed by atoms with Gasteiger partial charge in [-0.25, -0.2) is 4.39 Å². The fraction of sp³-hybridized carbons (Fsp3) is 0.424. The quantitative estimate of drug-likeness (QED) is 0.130. The second-order valence-electron chi connectivity index (χ2n) is 11.7. The molecule has 1 aliphatic heterocycles. The van der Waals surface area contributed by atoms with E-state index in [0.717, 1.165) is 39.3 Å². The van der Waals surface area contributed by atoms with E-state index in [2.05, 4.69) is 11.4 Å². The number of benzene rings is 3. The lowest BCUT2D eigenvalue weighted by atomic mass is 9.93. The Hall–Kier alpha value is -3.36. The van der Waals surface area contributed by atoms with Crippen LogP contribution in [0.4, 0.5) is 10.1 Å². The molecule has 1 heterocycles. The number of aliphatic carboxylic acids is 1. The molecule has 3 aromatic rings. The Kier molecular flexibility index (Phi) is 12.9. The summed E-state index contributed by atoms with van der Waals surface area (Å²) in [6.07, 6.45) is 1.95. The normalized spacial score (nSPS) is 15.4. The van der Waals surface area contributed by atoms with Crippen LogP contribution in [0.25, 0.3) is 11.1 Å². The number of hydrogen-bond donors (Lipinski definition) is 5. The highest BCUT2D eigenvalue weighted by Crippen LogP contribution is 2.45. The Morgan fingerprint density at radius 3 is 2.20 bits per heavy atom. The van der Waals surface area contributed by atoms with E-state index in [4.69, 9.17) is 19.1 Å². The molecule has 0 radical (unpaired) electrons. The first-order valence-electron chi connectivity index (χ1n) is 14.9. The Bertz CT molecular complexity index is 1590. The molecule has 5 N–H and O–H groups in total. The zero-order valence-electron chi connectivity index (χ0n) is 26.7. The monoisotopic (exact) mass is 681 g/mol. The van der Waals surface area contributed by atoms with Gasteiger partial charge in [-0.2, -0.15) is 19.0 Å². The summed E-state index contributed by atoms with van der Waals surface area (Å²) in [5.74, 6) is 0.928. The lowest BCUT2D eigenvalue weighted by Crippen LogP contribution is -2.28. The van der Waals surface area contributed by atoms with Gasteiger partial charge in [0.2, 0.25) is 0 Å². The Labute approximate surface area is 272 Å². The van der Waals surface area contributed by atoms with Gasteiger partial charge >= 0.3 is 5.97 Å². The van der Waals surface area contributed by atoms with Crippen molar-refractivity contribution in [2.45, 2.75) is 72.1 Å². The third-order valence-electron chi connectivity index (χ3n) is 7.18. The average molecular weight is 682 g/mol. The van der Waals surface area contributed by atoms with Crippen molar-refractivity contribution in [3.05, 3.63) is 76.6 Å². The molecule has 13 heteroatoms. The van der Waals surface area contributed by atoms with Crippen molar-refractivity contribution < 1.29 is 45.8 Å². The molecule has 1 aliphatic rings. The molecule has 4 rings (SSSR count). The van der Waals surface area contributed by atoms with Crippen LogP contribution in [0.5, 0.6) is 11.5 Å².